The van der Waals surface area contributed by atoms with Gasteiger partial charge in [-0.25, -0.2) is 0 Å². The molecule has 0 radical (unpaired) electrons. The van der Waals surface area contributed by atoms with Gasteiger partial charge in [0.2, 0.25) is 0 Å². The van der Waals surface area contributed by atoms with Crippen LogP contribution in [0.4, 0.5) is 0 Å². The molecule has 2 heteroatoms. The van der Waals surface area contributed by atoms with Crippen molar-refractivity contribution in [1.82, 2.24) is 4.57 Å². The van der Waals surface area contributed by atoms with Crippen molar-refractivity contribution in [3.63, 3.8) is 0 Å². The lowest BCUT2D eigenvalue weighted by Crippen LogP contribution is -2.11. The summed E-state index contributed by atoms with van der Waals surface area (Å²) in [6.45, 7) is 0. The van der Waals surface area contributed by atoms with Gasteiger partial charge < -0.3 is 0 Å². The molecule has 0 bridgehead atoms. The minimum atomic E-state index is -0.0234. The van der Waals surface area contributed by atoms with Gasteiger partial charge >= 0.3 is 0 Å². The molecule has 2 nitrogen and oxygen atoms in total. The van der Waals surface area contributed by atoms with Gasteiger partial charge in [-0.2, -0.15) is 0 Å². The Morgan fingerprint density at radius 1 is 0.933 bits per heavy atom. The summed E-state index contributed by atoms with van der Waals surface area (Å²) in [5, 5.41) is 0. The maximum atomic E-state index is 11.4. The van der Waals surface area contributed by atoms with Crippen molar-refractivity contribution in [2.75, 3.05) is 0 Å². The fourth-order valence-electron chi connectivity index (χ4n) is 1.29. The molecular formula is C13H11NO. The predicted octanol–water partition coefficient (Wildman–Crippen LogP) is 2.48. The van der Waals surface area contributed by atoms with Gasteiger partial charge in [-0.05, 0) is 17.7 Å². The summed E-state index contributed by atoms with van der Waals surface area (Å²) in [6.07, 6.45) is 5.40. The first-order chi connectivity index (χ1) is 7.36. The summed E-state index contributed by atoms with van der Waals surface area (Å²) in [5.74, 6) is 0. The van der Waals surface area contributed by atoms with Crippen molar-refractivity contribution < 1.29 is 0 Å². The van der Waals surface area contributed by atoms with E-state index in [1.807, 2.05) is 42.5 Å². The molecule has 0 saturated carbocycles. The molecule has 0 saturated heterocycles. The van der Waals surface area contributed by atoms with Gasteiger partial charge in [0, 0.05) is 18.5 Å². The highest BCUT2D eigenvalue weighted by molar-refractivity contribution is 5.60. The summed E-state index contributed by atoms with van der Waals surface area (Å²) in [7, 11) is 0. The summed E-state index contributed by atoms with van der Waals surface area (Å²) in [6, 6.07) is 15.0. The molecule has 0 spiro atoms. The second kappa shape index (κ2) is 4.42. The molecule has 0 amide bonds. The lowest BCUT2D eigenvalue weighted by molar-refractivity contribution is 1.06. The SMILES string of the molecule is O=c1ccccn1C=Cc1ccccc1. The molecule has 0 unspecified atom stereocenters. The molecule has 0 atom stereocenters. The van der Waals surface area contributed by atoms with Gasteiger partial charge in [0.1, 0.15) is 0 Å². The Kier molecular flexibility index (Phi) is 2.79. The number of hydrogen-bond acceptors (Lipinski definition) is 1. The van der Waals surface area contributed by atoms with E-state index in [0.717, 1.165) is 5.56 Å². The minimum Gasteiger partial charge on any atom is -0.291 e. The third kappa shape index (κ3) is 2.44. The number of benzene rings is 1. The Morgan fingerprint density at radius 2 is 1.67 bits per heavy atom. The van der Waals surface area contributed by atoms with Gasteiger partial charge in [-0.15, -0.1) is 0 Å². The maximum Gasteiger partial charge on any atom is 0.254 e. The van der Waals surface area contributed by atoms with Crippen LogP contribution in [0, 0.1) is 0 Å². The van der Waals surface area contributed by atoms with Crippen LogP contribution in [0.25, 0.3) is 12.3 Å². The molecule has 1 heterocycles. The van der Waals surface area contributed by atoms with Gasteiger partial charge in [0.15, 0.2) is 0 Å². The van der Waals surface area contributed by atoms with E-state index in [1.165, 1.54) is 6.07 Å². The lowest BCUT2D eigenvalue weighted by atomic mass is 10.2. The zero-order chi connectivity index (χ0) is 10.5. The molecular weight excluding hydrogens is 186 g/mol. The first-order valence-corrected chi connectivity index (χ1v) is 4.77. The summed E-state index contributed by atoms with van der Waals surface area (Å²) >= 11 is 0. The Bertz CT molecular complexity index is 511. The zero-order valence-corrected chi connectivity index (χ0v) is 8.21. The van der Waals surface area contributed by atoms with Crippen LogP contribution in [0.5, 0.6) is 0 Å². The van der Waals surface area contributed by atoms with E-state index in [4.69, 9.17) is 0 Å². The summed E-state index contributed by atoms with van der Waals surface area (Å²) in [4.78, 5) is 11.4. The monoisotopic (exact) mass is 197 g/mol. The van der Waals surface area contributed by atoms with Gasteiger partial charge in [-0.3, -0.25) is 9.36 Å². The molecule has 0 aliphatic carbocycles. The smallest absolute Gasteiger partial charge is 0.254 e. The van der Waals surface area contributed by atoms with Crippen LogP contribution in [0.2, 0.25) is 0 Å². The van der Waals surface area contributed by atoms with Crippen molar-refractivity contribution in [2.24, 2.45) is 0 Å². The highest BCUT2D eigenvalue weighted by Gasteiger charge is 1.87. The van der Waals surface area contributed by atoms with Gasteiger partial charge in [0.05, 0.1) is 0 Å². The Morgan fingerprint density at radius 3 is 2.40 bits per heavy atom. The molecule has 0 aliphatic rings. The Balaban J connectivity index is 2.27. The number of pyridine rings is 1. The predicted molar refractivity (Wildman–Crippen MR) is 62.4 cm³/mol. The van der Waals surface area contributed by atoms with Crippen molar-refractivity contribution in [3.05, 3.63) is 70.6 Å². The van der Waals surface area contributed by atoms with E-state index >= 15 is 0 Å². The van der Waals surface area contributed by atoms with Crippen LogP contribution in [0.3, 0.4) is 0 Å². The third-order valence-electron chi connectivity index (χ3n) is 2.08. The van der Waals surface area contributed by atoms with E-state index in [9.17, 15) is 4.79 Å². The van der Waals surface area contributed by atoms with Crippen LogP contribution in [0.15, 0.2) is 59.5 Å². The highest BCUT2D eigenvalue weighted by atomic mass is 16.1. The number of nitrogens with zero attached hydrogens (tertiary/aromatic N) is 1. The number of hydrogen-bond donors (Lipinski definition) is 0. The van der Waals surface area contributed by atoms with E-state index in [1.54, 1.807) is 23.0 Å². The number of aromatic nitrogens is 1. The van der Waals surface area contributed by atoms with Crippen molar-refractivity contribution in [3.8, 4) is 0 Å². The fraction of sp³-hybridized carbons (Fsp3) is 0. The molecule has 1 aromatic heterocycles. The molecule has 74 valence electrons. The highest BCUT2D eigenvalue weighted by Crippen LogP contribution is 2.01. The van der Waals surface area contributed by atoms with Crippen LogP contribution in [0.1, 0.15) is 5.56 Å². The molecule has 0 N–H and O–H groups in total. The summed E-state index contributed by atoms with van der Waals surface area (Å²) in [5.41, 5.74) is 1.05. The second-order valence-corrected chi connectivity index (χ2v) is 3.17. The second-order valence-electron chi connectivity index (χ2n) is 3.17. The Hall–Kier alpha value is -2.09. The standard InChI is InChI=1S/C13H11NO/c15-13-8-4-5-10-14(13)11-9-12-6-2-1-3-7-12/h1-11H. The van der Waals surface area contributed by atoms with Gasteiger partial charge in [-0.1, -0.05) is 36.4 Å². The average molecular weight is 197 g/mol. The van der Waals surface area contributed by atoms with E-state index in [2.05, 4.69) is 0 Å². The Labute approximate surface area is 88.1 Å². The van der Waals surface area contributed by atoms with Gasteiger partial charge in [0.25, 0.3) is 5.56 Å². The first kappa shape index (κ1) is 9.46. The first-order valence-electron chi connectivity index (χ1n) is 4.77. The van der Waals surface area contributed by atoms with Crippen LogP contribution in [-0.2, 0) is 0 Å². The topological polar surface area (TPSA) is 22.0 Å². The van der Waals surface area contributed by atoms with E-state index in [0.29, 0.717) is 0 Å². The van der Waals surface area contributed by atoms with Crippen molar-refractivity contribution in [2.45, 2.75) is 0 Å². The fourth-order valence-corrected chi connectivity index (χ4v) is 1.29. The zero-order valence-electron chi connectivity index (χ0n) is 8.21. The molecule has 2 rings (SSSR count). The maximum absolute atomic E-state index is 11.4. The normalized spacial score (nSPS) is 10.7. The molecule has 15 heavy (non-hydrogen) atoms. The minimum absolute atomic E-state index is 0.0234. The largest absolute Gasteiger partial charge is 0.291 e. The average Bonchev–Trinajstić information content (AvgIpc) is 2.29. The number of rotatable bonds is 2. The third-order valence-corrected chi connectivity index (χ3v) is 2.08. The van der Waals surface area contributed by atoms with Crippen molar-refractivity contribution >= 4 is 12.3 Å². The van der Waals surface area contributed by atoms with Crippen molar-refractivity contribution in [1.29, 1.82) is 0 Å². The van der Waals surface area contributed by atoms with E-state index < -0.39 is 0 Å². The van der Waals surface area contributed by atoms with E-state index in [-0.39, 0.29) is 5.56 Å². The molecule has 1 aromatic carbocycles. The van der Waals surface area contributed by atoms with Crippen LogP contribution >= 0.6 is 0 Å². The van der Waals surface area contributed by atoms with Crippen LogP contribution in [-0.4, -0.2) is 4.57 Å². The molecule has 0 aliphatic heterocycles. The molecule has 0 fully saturated rings. The quantitative estimate of drug-likeness (QED) is 0.725. The van der Waals surface area contributed by atoms with Crippen LogP contribution < -0.4 is 5.56 Å². The molecule has 2 aromatic rings. The summed E-state index contributed by atoms with van der Waals surface area (Å²) < 4.78 is 1.55. The lowest BCUT2D eigenvalue weighted by Gasteiger charge is -1.96.